The highest BCUT2D eigenvalue weighted by Gasteiger charge is 2.28. The average molecular weight is 244 g/mol. The second kappa shape index (κ2) is 4.93. The second-order valence-corrected chi connectivity index (χ2v) is 5.41. The van der Waals surface area contributed by atoms with Crippen molar-refractivity contribution in [3.05, 3.63) is 16.8 Å². The fraction of sp³-hybridized carbons (Fsp3) is 0.643. The summed E-state index contributed by atoms with van der Waals surface area (Å²) in [6.45, 7) is 9.11. The molecule has 0 atom stereocenters. The van der Waals surface area contributed by atoms with Crippen molar-refractivity contribution in [3.63, 3.8) is 0 Å². The minimum atomic E-state index is 0.342. The number of nitriles is 1. The topological polar surface area (TPSA) is 52.8 Å². The van der Waals surface area contributed by atoms with E-state index in [4.69, 9.17) is 0 Å². The quantitative estimate of drug-likeness (QED) is 0.817. The van der Waals surface area contributed by atoms with Crippen LogP contribution in [0.1, 0.15) is 43.5 Å². The van der Waals surface area contributed by atoms with Gasteiger partial charge in [-0.05, 0) is 52.0 Å². The monoisotopic (exact) mass is 244 g/mol. The lowest BCUT2D eigenvalue weighted by Gasteiger charge is -2.28. The van der Waals surface area contributed by atoms with Crippen LogP contribution in [0.25, 0.3) is 0 Å². The number of hydrogen-bond donors (Lipinski definition) is 0. The Labute approximate surface area is 109 Å². The maximum atomic E-state index is 9.36. The highest BCUT2D eigenvalue weighted by atomic mass is 15.3. The fourth-order valence-corrected chi connectivity index (χ4v) is 2.05. The van der Waals surface area contributed by atoms with Crippen molar-refractivity contribution in [2.24, 2.45) is 5.92 Å². The van der Waals surface area contributed by atoms with Crippen LogP contribution in [0.3, 0.4) is 0 Å². The molecule has 2 rings (SSSR count). The van der Waals surface area contributed by atoms with E-state index in [2.05, 4.69) is 35.0 Å². The highest BCUT2D eigenvalue weighted by Crippen LogP contribution is 2.33. The van der Waals surface area contributed by atoms with Gasteiger partial charge in [-0.2, -0.15) is 10.4 Å². The molecular formula is C14H20N4. The van der Waals surface area contributed by atoms with Crippen LogP contribution in [0.4, 0.5) is 5.82 Å². The number of aromatic nitrogens is 2. The third kappa shape index (κ3) is 2.45. The van der Waals surface area contributed by atoms with Gasteiger partial charge in [0, 0.05) is 12.6 Å². The summed E-state index contributed by atoms with van der Waals surface area (Å²) in [6, 6.07) is 2.63. The van der Waals surface area contributed by atoms with Crippen LogP contribution in [-0.4, -0.2) is 22.8 Å². The van der Waals surface area contributed by atoms with Crippen molar-refractivity contribution in [2.45, 2.75) is 46.6 Å². The Morgan fingerprint density at radius 2 is 2.00 bits per heavy atom. The van der Waals surface area contributed by atoms with Crippen LogP contribution in [-0.2, 0) is 0 Å². The zero-order chi connectivity index (χ0) is 13.3. The summed E-state index contributed by atoms with van der Waals surface area (Å²) in [6.07, 6.45) is 2.59. The molecule has 0 radical (unpaired) electrons. The van der Waals surface area contributed by atoms with E-state index in [9.17, 15) is 5.26 Å². The molecule has 0 N–H and O–H groups in total. The standard InChI is InChI=1S/C14H20N4/c1-9(2)18(8-12-5-6-12)14-13(7-15)10(3)11(4)16-17-14/h9,12H,5-6,8H2,1-4H3. The molecule has 1 aromatic rings. The van der Waals surface area contributed by atoms with Crippen LogP contribution in [0, 0.1) is 31.1 Å². The van der Waals surface area contributed by atoms with E-state index in [1.807, 2.05) is 13.8 Å². The molecule has 1 aliphatic rings. The molecule has 1 fully saturated rings. The predicted molar refractivity (Wildman–Crippen MR) is 71.4 cm³/mol. The van der Waals surface area contributed by atoms with E-state index in [-0.39, 0.29) is 0 Å². The van der Waals surface area contributed by atoms with Crippen molar-refractivity contribution >= 4 is 5.82 Å². The van der Waals surface area contributed by atoms with Crippen molar-refractivity contribution in [1.29, 1.82) is 5.26 Å². The summed E-state index contributed by atoms with van der Waals surface area (Å²) >= 11 is 0. The zero-order valence-corrected chi connectivity index (χ0v) is 11.6. The lowest BCUT2D eigenvalue weighted by molar-refractivity contribution is 0.629. The number of hydrogen-bond acceptors (Lipinski definition) is 4. The number of nitrogens with zero attached hydrogens (tertiary/aromatic N) is 4. The van der Waals surface area contributed by atoms with Gasteiger partial charge in [-0.3, -0.25) is 0 Å². The van der Waals surface area contributed by atoms with Gasteiger partial charge < -0.3 is 4.90 Å². The summed E-state index contributed by atoms with van der Waals surface area (Å²) in [5.74, 6) is 1.52. The molecule has 0 saturated heterocycles. The van der Waals surface area contributed by atoms with Gasteiger partial charge in [0.05, 0.1) is 5.69 Å². The Morgan fingerprint density at radius 3 is 2.50 bits per heavy atom. The van der Waals surface area contributed by atoms with Gasteiger partial charge in [-0.1, -0.05) is 0 Å². The smallest absolute Gasteiger partial charge is 0.169 e. The first-order chi connectivity index (χ1) is 8.54. The Balaban J connectivity index is 2.40. The number of rotatable bonds is 4. The van der Waals surface area contributed by atoms with E-state index in [1.165, 1.54) is 12.8 Å². The molecule has 0 aromatic carbocycles. The highest BCUT2D eigenvalue weighted by molar-refractivity contribution is 5.58. The largest absolute Gasteiger partial charge is 0.351 e. The van der Waals surface area contributed by atoms with Gasteiger partial charge in [0.1, 0.15) is 11.6 Å². The third-order valence-corrected chi connectivity index (χ3v) is 3.60. The molecule has 1 aromatic heterocycles. The molecule has 0 amide bonds. The normalized spacial score (nSPS) is 14.7. The van der Waals surface area contributed by atoms with Crippen molar-refractivity contribution in [1.82, 2.24) is 10.2 Å². The van der Waals surface area contributed by atoms with E-state index in [0.29, 0.717) is 11.6 Å². The Morgan fingerprint density at radius 1 is 1.33 bits per heavy atom. The summed E-state index contributed by atoms with van der Waals surface area (Å²) < 4.78 is 0. The zero-order valence-electron chi connectivity index (χ0n) is 11.6. The molecule has 0 unspecified atom stereocenters. The van der Waals surface area contributed by atoms with Crippen LogP contribution in [0.5, 0.6) is 0 Å². The van der Waals surface area contributed by atoms with Crippen LogP contribution < -0.4 is 4.90 Å². The maximum absolute atomic E-state index is 9.36. The van der Waals surface area contributed by atoms with Crippen LogP contribution in [0.15, 0.2) is 0 Å². The first-order valence-corrected chi connectivity index (χ1v) is 6.55. The van der Waals surface area contributed by atoms with Gasteiger partial charge in [0.25, 0.3) is 0 Å². The van der Waals surface area contributed by atoms with Gasteiger partial charge in [-0.15, -0.1) is 5.10 Å². The lowest BCUT2D eigenvalue weighted by Crippen LogP contribution is -2.34. The van der Waals surface area contributed by atoms with Crippen molar-refractivity contribution in [2.75, 3.05) is 11.4 Å². The van der Waals surface area contributed by atoms with Crippen molar-refractivity contribution in [3.8, 4) is 6.07 Å². The van der Waals surface area contributed by atoms with E-state index in [1.54, 1.807) is 0 Å². The molecule has 0 spiro atoms. The van der Waals surface area contributed by atoms with Crippen LogP contribution >= 0.6 is 0 Å². The minimum Gasteiger partial charge on any atom is -0.351 e. The first kappa shape index (κ1) is 12.8. The molecule has 96 valence electrons. The van der Waals surface area contributed by atoms with E-state index >= 15 is 0 Å². The Hall–Kier alpha value is -1.63. The molecule has 4 heteroatoms. The van der Waals surface area contributed by atoms with Crippen LogP contribution in [0.2, 0.25) is 0 Å². The first-order valence-electron chi connectivity index (χ1n) is 6.55. The molecule has 0 aliphatic heterocycles. The predicted octanol–water partition coefficient (Wildman–Crippen LogP) is 2.59. The number of aryl methyl sites for hydroxylation is 1. The average Bonchev–Trinajstić information content (AvgIpc) is 3.13. The minimum absolute atomic E-state index is 0.342. The SMILES string of the molecule is Cc1nnc(N(CC2CC2)C(C)C)c(C#N)c1C. The lowest BCUT2D eigenvalue weighted by atomic mass is 10.1. The van der Waals surface area contributed by atoms with Gasteiger partial charge in [0.15, 0.2) is 5.82 Å². The molecule has 1 aliphatic carbocycles. The maximum Gasteiger partial charge on any atom is 0.169 e. The van der Waals surface area contributed by atoms with Gasteiger partial charge in [0.2, 0.25) is 0 Å². The van der Waals surface area contributed by atoms with E-state index < -0.39 is 0 Å². The second-order valence-electron chi connectivity index (χ2n) is 5.41. The van der Waals surface area contributed by atoms with E-state index in [0.717, 1.165) is 29.5 Å². The summed E-state index contributed by atoms with van der Waals surface area (Å²) in [5.41, 5.74) is 2.46. The molecule has 0 bridgehead atoms. The molecule has 1 saturated carbocycles. The summed E-state index contributed by atoms with van der Waals surface area (Å²) in [4.78, 5) is 2.22. The Bertz CT molecular complexity index is 483. The van der Waals surface area contributed by atoms with Crippen molar-refractivity contribution < 1.29 is 0 Å². The molecule has 18 heavy (non-hydrogen) atoms. The summed E-state index contributed by atoms with van der Waals surface area (Å²) in [5, 5.41) is 17.8. The number of anilines is 1. The Kier molecular flexibility index (Phi) is 3.51. The molecule has 1 heterocycles. The fourth-order valence-electron chi connectivity index (χ4n) is 2.05. The van der Waals surface area contributed by atoms with Gasteiger partial charge >= 0.3 is 0 Å². The molecular weight excluding hydrogens is 224 g/mol. The third-order valence-electron chi connectivity index (χ3n) is 3.60. The molecule has 4 nitrogen and oxygen atoms in total. The van der Waals surface area contributed by atoms with Gasteiger partial charge in [-0.25, -0.2) is 0 Å². The summed E-state index contributed by atoms with van der Waals surface area (Å²) in [7, 11) is 0.